The Morgan fingerprint density at radius 1 is 1.36 bits per heavy atom. The molecule has 76 valence electrons. The molecule has 14 heavy (non-hydrogen) atoms. The fourth-order valence-electron chi connectivity index (χ4n) is 0.707. The third kappa shape index (κ3) is 5.29. The van der Waals surface area contributed by atoms with E-state index in [9.17, 15) is 4.79 Å². The Labute approximate surface area is 96.2 Å². The highest BCUT2D eigenvalue weighted by atomic mass is 79.9. The third-order valence-corrected chi connectivity index (χ3v) is 2.04. The van der Waals surface area contributed by atoms with Gasteiger partial charge >= 0.3 is 5.97 Å². The first-order valence-electron chi connectivity index (χ1n) is 4.20. The van der Waals surface area contributed by atoms with Crippen molar-refractivity contribution < 1.29 is 9.53 Å². The summed E-state index contributed by atoms with van der Waals surface area (Å²) in [7, 11) is 0. The van der Waals surface area contributed by atoms with Gasteiger partial charge in [0.05, 0.1) is 5.56 Å². The van der Waals surface area contributed by atoms with Crippen LogP contribution in [0.1, 0.15) is 10.4 Å². The number of rotatable bonds is 2. The number of hydrogen-bond donors (Lipinski definition) is 0. The maximum Gasteiger partial charge on any atom is 0.338 e. The number of hydrogen-bond acceptors (Lipinski definition) is 3. The number of esters is 1. The van der Waals surface area contributed by atoms with Crippen LogP contribution < -0.4 is 0 Å². The van der Waals surface area contributed by atoms with Crippen LogP contribution in [0.25, 0.3) is 0 Å². The second-order valence-corrected chi connectivity index (χ2v) is 4.20. The summed E-state index contributed by atoms with van der Waals surface area (Å²) in [6, 6.07) is 8.87. The van der Waals surface area contributed by atoms with Crippen molar-refractivity contribution >= 4 is 33.7 Å². The van der Waals surface area contributed by atoms with E-state index in [1.54, 1.807) is 24.3 Å². The molecule has 0 spiro atoms. The number of ether oxygens (including phenoxy) is 1. The SMILES string of the molecule is C1CS1.O=C(OCBr)c1ccccc1. The minimum Gasteiger partial charge on any atom is -0.450 e. The minimum absolute atomic E-state index is 0.237. The van der Waals surface area contributed by atoms with Crippen LogP contribution in [0.4, 0.5) is 0 Å². The molecule has 0 aliphatic carbocycles. The van der Waals surface area contributed by atoms with Crippen LogP contribution in [0.3, 0.4) is 0 Å². The molecular weight excluding hydrogens is 264 g/mol. The lowest BCUT2D eigenvalue weighted by molar-refractivity contribution is 0.0584. The van der Waals surface area contributed by atoms with Crippen LogP contribution in [0.2, 0.25) is 0 Å². The van der Waals surface area contributed by atoms with Gasteiger partial charge in [0.1, 0.15) is 5.52 Å². The molecule has 1 fully saturated rings. The summed E-state index contributed by atoms with van der Waals surface area (Å²) in [4.78, 5) is 11.0. The molecule has 0 radical (unpaired) electrons. The molecule has 1 aliphatic rings. The van der Waals surface area contributed by atoms with Gasteiger partial charge in [-0.25, -0.2) is 4.79 Å². The molecule has 0 amide bonds. The Hall–Kier alpha value is -0.480. The first kappa shape index (κ1) is 11.6. The van der Waals surface area contributed by atoms with Gasteiger partial charge in [0.25, 0.3) is 0 Å². The zero-order chi connectivity index (χ0) is 10.2. The van der Waals surface area contributed by atoms with E-state index in [1.165, 1.54) is 11.5 Å². The number of carbonyl (C=O) groups excluding carboxylic acids is 1. The first-order valence-corrected chi connectivity index (χ1v) is 6.48. The van der Waals surface area contributed by atoms with Crippen LogP contribution in [0.5, 0.6) is 0 Å². The number of thioether (sulfide) groups is 1. The summed E-state index contributed by atoms with van der Waals surface area (Å²) in [5, 5.41) is 0. The number of benzene rings is 1. The number of halogens is 1. The fourth-order valence-corrected chi connectivity index (χ4v) is 0.915. The van der Waals surface area contributed by atoms with Crippen molar-refractivity contribution in [2.24, 2.45) is 0 Å². The normalized spacial score (nSPS) is 12.4. The Morgan fingerprint density at radius 2 is 1.93 bits per heavy atom. The van der Waals surface area contributed by atoms with E-state index in [1.807, 2.05) is 17.8 Å². The van der Waals surface area contributed by atoms with E-state index in [0.29, 0.717) is 5.56 Å². The summed E-state index contributed by atoms with van der Waals surface area (Å²) in [6.45, 7) is 0. The van der Waals surface area contributed by atoms with Gasteiger partial charge < -0.3 is 4.74 Å². The zero-order valence-electron chi connectivity index (χ0n) is 7.61. The van der Waals surface area contributed by atoms with Crippen molar-refractivity contribution in [3.63, 3.8) is 0 Å². The lowest BCUT2D eigenvalue weighted by Crippen LogP contribution is -2.02. The van der Waals surface area contributed by atoms with Crippen LogP contribution in [-0.2, 0) is 4.74 Å². The lowest BCUT2D eigenvalue weighted by Gasteiger charge is -1.98. The monoisotopic (exact) mass is 274 g/mol. The number of alkyl halides is 1. The molecule has 0 aromatic heterocycles. The highest BCUT2D eigenvalue weighted by Gasteiger charge is 2.02. The van der Waals surface area contributed by atoms with Gasteiger partial charge in [0, 0.05) is 11.5 Å². The average Bonchev–Trinajstić information content (AvgIpc) is 3.06. The molecule has 1 saturated heterocycles. The maximum absolute atomic E-state index is 11.0. The largest absolute Gasteiger partial charge is 0.450 e. The smallest absolute Gasteiger partial charge is 0.338 e. The van der Waals surface area contributed by atoms with Gasteiger partial charge in [0.2, 0.25) is 0 Å². The maximum atomic E-state index is 11.0. The standard InChI is InChI=1S/C8H7BrO2.C2H4S/c9-6-11-8(10)7-4-2-1-3-5-7;1-2-3-1/h1-5H,6H2;1-2H2. The van der Waals surface area contributed by atoms with Crippen LogP contribution >= 0.6 is 27.7 Å². The van der Waals surface area contributed by atoms with E-state index in [4.69, 9.17) is 4.74 Å². The van der Waals surface area contributed by atoms with Gasteiger partial charge in [-0.1, -0.05) is 18.2 Å². The van der Waals surface area contributed by atoms with Crippen molar-refractivity contribution in [1.29, 1.82) is 0 Å². The molecule has 1 aromatic carbocycles. The molecule has 0 N–H and O–H groups in total. The molecule has 1 aliphatic heterocycles. The van der Waals surface area contributed by atoms with E-state index >= 15 is 0 Å². The zero-order valence-corrected chi connectivity index (χ0v) is 10.0. The van der Waals surface area contributed by atoms with Crippen molar-refractivity contribution in [2.75, 3.05) is 17.0 Å². The summed E-state index contributed by atoms with van der Waals surface area (Å²) in [5.74, 6) is 2.53. The van der Waals surface area contributed by atoms with E-state index in [-0.39, 0.29) is 11.5 Å². The topological polar surface area (TPSA) is 26.3 Å². The minimum atomic E-state index is -0.303. The summed E-state index contributed by atoms with van der Waals surface area (Å²) in [6.07, 6.45) is 0. The summed E-state index contributed by atoms with van der Waals surface area (Å²) >= 11 is 5.00. The van der Waals surface area contributed by atoms with Gasteiger partial charge in [-0.2, -0.15) is 11.8 Å². The van der Waals surface area contributed by atoms with Crippen molar-refractivity contribution in [2.45, 2.75) is 0 Å². The van der Waals surface area contributed by atoms with Gasteiger partial charge in [-0.3, -0.25) is 0 Å². The first-order chi connectivity index (χ1) is 6.84. The molecule has 0 saturated carbocycles. The molecule has 0 atom stereocenters. The predicted molar refractivity (Wildman–Crippen MR) is 63.0 cm³/mol. The second kappa shape index (κ2) is 6.90. The van der Waals surface area contributed by atoms with E-state index in [2.05, 4.69) is 15.9 Å². The van der Waals surface area contributed by atoms with Crippen LogP contribution in [0, 0.1) is 0 Å². The molecule has 1 aromatic rings. The third-order valence-electron chi connectivity index (χ3n) is 1.40. The molecule has 2 rings (SSSR count). The molecule has 2 nitrogen and oxygen atoms in total. The molecular formula is C10H11BrO2S. The highest BCUT2D eigenvalue weighted by Crippen LogP contribution is 2.14. The van der Waals surface area contributed by atoms with Gasteiger partial charge in [-0.15, -0.1) is 0 Å². The average molecular weight is 275 g/mol. The summed E-state index contributed by atoms with van der Waals surface area (Å²) < 4.78 is 4.71. The Morgan fingerprint density at radius 3 is 2.36 bits per heavy atom. The van der Waals surface area contributed by atoms with Gasteiger partial charge in [-0.05, 0) is 28.1 Å². The van der Waals surface area contributed by atoms with E-state index < -0.39 is 0 Å². The molecule has 4 heteroatoms. The van der Waals surface area contributed by atoms with Crippen molar-refractivity contribution in [3.8, 4) is 0 Å². The molecule has 0 bridgehead atoms. The predicted octanol–water partition coefficient (Wildman–Crippen LogP) is 2.93. The Bertz CT molecular complexity index is 272. The summed E-state index contributed by atoms with van der Waals surface area (Å²) in [5.41, 5.74) is 0.813. The lowest BCUT2D eigenvalue weighted by atomic mass is 10.2. The highest BCUT2D eigenvalue weighted by molar-refractivity contribution is 9.09. The second-order valence-electron chi connectivity index (χ2n) is 2.52. The van der Waals surface area contributed by atoms with E-state index in [0.717, 1.165) is 0 Å². The van der Waals surface area contributed by atoms with Crippen molar-refractivity contribution in [3.05, 3.63) is 35.9 Å². The quantitative estimate of drug-likeness (QED) is 0.471. The fraction of sp³-hybridized carbons (Fsp3) is 0.300. The molecule has 0 unspecified atom stereocenters. The van der Waals surface area contributed by atoms with Gasteiger partial charge in [0.15, 0.2) is 0 Å². The molecule has 1 heterocycles. The van der Waals surface area contributed by atoms with Crippen LogP contribution in [-0.4, -0.2) is 23.0 Å². The Kier molecular flexibility index (Phi) is 5.71. The number of carbonyl (C=O) groups is 1. The van der Waals surface area contributed by atoms with Crippen molar-refractivity contribution in [1.82, 2.24) is 0 Å². The van der Waals surface area contributed by atoms with Crippen LogP contribution in [0.15, 0.2) is 30.3 Å². The Balaban J connectivity index is 0.000000276.